The Labute approximate surface area is 158 Å². The number of amides is 1. The third-order valence-corrected chi connectivity index (χ3v) is 4.58. The summed E-state index contributed by atoms with van der Waals surface area (Å²) in [6.45, 7) is 4.05. The van der Waals surface area contributed by atoms with Crippen molar-refractivity contribution >= 4 is 23.5 Å². The van der Waals surface area contributed by atoms with Gasteiger partial charge in [0.2, 0.25) is 5.91 Å². The van der Waals surface area contributed by atoms with Crippen LogP contribution in [0.15, 0.2) is 65.2 Å². The van der Waals surface area contributed by atoms with Crippen molar-refractivity contribution in [3.05, 3.63) is 82.7 Å². The molecule has 1 N–H and O–H groups in total. The highest BCUT2D eigenvalue weighted by atomic mass is 35.5. The van der Waals surface area contributed by atoms with E-state index in [4.69, 9.17) is 16.0 Å². The number of rotatable bonds is 6. The number of aromatic nitrogens is 1. The first-order valence-electron chi connectivity index (χ1n) is 8.58. The fraction of sp³-hybridized carbons (Fsp3) is 0.238. The van der Waals surface area contributed by atoms with E-state index in [-0.39, 0.29) is 23.8 Å². The average Bonchev–Trinajstić information content (AvgIpc) is 3.04. The molecule has 1 heterocycles. The lowest BCUT2D eigenvalue weighted by Gasteiger charge is -2.19. The normalized spacial score (nSPS) is 12.2. The molecular weight excluding hydrogens is 348 g/mol. The Morgan fingerprint density at radius 1 is 1.12 bits per heavy atom. The summed E-state index contributed by atoms with van der Waals surface area (Å²) in [6, 6.07) is 17.5. The number of nitrogens with zero attached hydrogens (tertiary/aromatic N) is 1. The maximum Gasteiger partial charge on any atom is 0.301 e. The number of halogens is 1. The van der Waals surface area contributed by atoms with E-state index < -0.39 is 0 Å². The molecule has 1 aromatic heterocycles. The molecule has 0 saturated carbocycles. The van der Waals surface area contributed by atoms with Gasteiger partial charge in [-0.2, -0.15) is 0 Å². The Morgan fingerprint density at radius 3 is 2.50 bits per heavy atom. The van der Waals surface area contributed by atoms with Crippen molar-refractivity contribution in [1.82, 2.24) is 4.98 Å². The molecule has 1 amide bonds. The zero-order valence-electron chi connectivity index (χ0n) is 14.8. The first-order chi connectivity index (χ1) is 12.5. The van der Waals surface area contributed by atoms with Crippen LogP contribution in [0.3, 0.4) is 0 Å². The van der Waals surface area contributed by atoms with Crippen LogP contribution in [-0.2, 0) is 11.2 Å². The lowest BCUT2D eigenvalue weighted by Crippen LogP contribution is -2.25. The molecule has 0 spiro atoms. The van der Waals surface area contributed by atoms with Gasteiger partial charge in [-0.05, 0) is 23.1 Å². The number of anilines is 1. The fourth-order valence-corrected chi connectivity index (χ4v) is 3.16. The average molecular weight is 369 g/mol. The Balaban J connectivity index is 1.71. The second kappa shape index (κ2) is 8.19. The highest BCUT2D eigenvalue weighted by molar-refractivity contribution is 6.31. The van der Waals surface area contributed by atoms with Crippen molar-refractivity contribution in [2.75, 3.05) is 5.32 Å². The zero-order chi connectivity index (χ0) is 18.5. The lowest BCUT2D eigenvalue weighted by molar-refractivity contribution is -0.118. The molecule has 3 rings (SSSR count). The molecule has 5 heteroatoms. The molecule has 0 bridgehead atoms. The summed E-state index contributed by atoms with van der Waals surface area (Å²) >= 11 is 6.18. The number of oxazole rings is 1. The van der Waals surface area contributed by atoms with Crippen molar-refractivity contribution in [3.63, 3.8) is 0 Å². The van der Waals surface area contributed by atoms with Gasteiger partial charge in [-0.3, -0.25) is 10.1 Å². The van der Waals surface area contributed by atoms with Gasteiger partial charge in [0.15, 0.2) is 0 Å². The molecule has 0 fully saturated rings. The Kier molecular flexibility index (Phi) is 5.74. The lowest BCUT2D eigenvalue weighted by atomic mass is 9.88. The maximum atomic E-state index is 12.7. The predicted molar refractivity (Wildman–Crippen MR) is 103 cm³/mol. The smallest absolute Gasteiger partial charge is 0.301 e. The second-order valence-corrected chi connectivity index (χ2v) is 6.93. The Bertz CT molecular complexity index is 874. The molecule has 1 atom stereocenters. The maximum absolute atomic E-state index is 12.7. The van der Waals surface area contributed by atoms with Gasteiger partial charge in [-0.15, -0.1) is 0 Å². The van der Waals surface area contributed by atoms with Gasteiger partial charge in [0.05, 0.1) is 12.1 Å². The quantitative estimate of drug-likeness (QED) is 0.642. The van der Waals surface area contributed by atoms with Crippen molar-refractivity contribution in [3.8, 4) is 0 Å². The molecule has 0 radical (unpaired) electrons. The number of benzene rings is 2. The molecule has 1 unspecified atom stereocenters. The van der Waals surface area contributed by atoms with Crippen LogP contribution in [0.25, 0.3) is 0 Å². The minimum Gasteiger partial charge on any atom is -0.428 e. The Hall–Kier alpha value is -2.59. The summed E-state index contributed by atoms with van der Waals surface area (Å²) in [7, 11) is 0. The van der Waals surface area contributed by atoms with Crippen LogP contribution in [0.1, 0.15) is 36.7 Å². The van der Waals surface area contributed by atoms with E-state index in [1.807, 2.05) is 68.4 Å². The molecule has 0 saturated heterocycles. The SMILES string of the molecule is CC(C)C(C(=O)Nc1ncc(Cc2ccccc2Cl)o1)c1ccccc1. The molecule has 26 heavy (non-hydrogen) atoms. The molecule has 3 aromatic rings. The van der Waals surface area contributed by atoms with Crippen molar-refractivity contribution in [2.45, 2.75) is 26.2 Å². The first kappa shape index (κ1) is 18.2. The van der Waals surface area contributed by atoms with Gasteiger partial charge < -0.3 is 4.42 Å². The summed E-state index contributed by atoms with van der Waals surface area (Å²) < 4.78 is 5.68. The topological polar surface area (TPSA) is 55.1 Å². The molecule has 2 aromatic carbocycles. The largest absolute Gasteiger partial charge is 0.428 e. The van der Waals surface area contributed by atoms with Crippen LogP contribution in [-0.4, -0.2) is 10.9 Å². The highest BCUT2D eigenvalue weighted by Crippen LogP contribution is 2.26. The molecule has 134 valence electrons. The van der Waals surface area contributed by atoms with Crippen LogP contribution < -0.4 is 5.32 Å². The molecule has 0 aliphatic rings. The number of carbonyl (C=O) groups is 1. The number of hydrogen-bond donors (Lipinski definition) is 1. The van der Waals surface area contributed by atoms with Crippen LogP contribution in [0.5, 0.6) is 0 Å². The van der Waals surface area contributed by atoms with Crippen molar-refractivity contribution in [2.24, 2.45) is 5.92 Å². The fourth-order valence-electron chi connectivity index (χ4n) is 2.96. The van der Waals surface area contributed by atoms with Crippen LogP contribution >= 0.6 is 11.6 Å². The van der Waals surface area contributed by atoms with Crippen LogP contribution in [0.2, 0.25) is 5.02 Å². The van der Waals surface area contributed by atoms with E-state index in [1.165, 1.54) is 0 Å². The summed E-state index contributed by atoms with van der Waals surface area (Å²) in [5, 5.41) is 3.47. The molecular formula is C21H21ClN2O2. The minimum absolute atomic E-state index is 0.127. The van der Waals surface area contributed by atoms with Crippen LogP contribution in [0.4, 0.5) is 6.01 Å². The molecule has 0 aliphatic carbocycles. The minimum atomic E-state index is -0.268. The van der Waals surface area contributed by atoms with E-state index in [2.05, 4.69) is 10.3 Å². The Morgan fingerprint density at radius 2 is 1.81 bits per heavy atom. The van der Waals surface area contributed by atoms with Gasteiger partial charge >= 0.3 is 6.01 Å². The van der Waals surface area contributed by atoms with Crippen molar-refractivity contribution in [1.29, 1.82) is 0 Å². The van der Waals surface area contributed by atoms with E-state index in [0.29, 0.717) is 17.2 Å². The highest BCUT2D eigenvalue weighted by Gasteiger charge is 2.25. The summed E-state index contributed by atoms with van der Waals surface area (Å²) in [5.41, 5.74) is 1.93. The number of hydrogen-bond acceptors (Lipinski definition) is 3. The van der Waals surface area contributed by atoms with E-state index >= 15 is 0 Å². The molecule has 0 aliphatic heterocycles. The summed E-state index contributed by atoms with van der Waals surface area (Å²) in [5.74, 6) is 0.400. The number of carbonyl (C=O) groups excluding carboxylic acids is 1. The van der Waals surface area contributed by atoms with Gasteiger partial charge in [-0.1, -0.05) is 74.0 Å². The van der Waals surface area contributed by atoms with Crippen molar-refractivity contribution < 1.29 is 9.21 Å². The van der Waals surface area contributed by atoms with Gasteiger partial charge in [0.1, 0.15) is 5.76 Å². The number of nitrogens with one attached hydrogen (secondary N) is 1. The van der Waals surface area contributed by atoms with Gasteiger partial charge in [0, 0.05) is 11.4 Å². The zero-order valence-corrected chi connectivity index (χ0v) is 15.5. The second-order valence-electron chi connectivity index (χ2n) is 6.52. The summed E-state index contributed by atoms with van der Waals surface area (Å²) in [6.07, 6.45) is 2.14. The predicted octanol–water partition coefficient (Wildman–Crippen LogP) is 5.30. The van der Waals surface area contributed by atoms with Crippen LogP contribution in [0, 0.1) is 5.92 Å². The summed E-state index contributed by atoms with van der Waals surface area (Å²) in [4.78, 5) is 16.9. The van der Waals surface area contributed by atoms with E-state index in [9.17, 15) is 4.79 Å². The monoisotopic (exact) mass is 368 g/mol. The standard InChI is InChI=1S/C21H21ClN2O2/c1-14(2)19(15-8-4-3-5-9-15)20(25)24-21-23-13-17(26-21)12-16-10-6-7-11-18(16)22/h3-11,13-14,19H,12H2,1-2H3,(H,23,24,25). The first-order valence-corrected chi connectivity index (χ1v) is 8.96. The van der Waals surface area contributed by atoms with Gasteiger partial charge in [-0.25, -0.2) is 4.98 Å². The van der Waals surface area contributed by atoms with E-state index in [1.54, 1.807) is 6.20 Å². The van der Waals surface area contributed by atoms with E-state index in [0.717, 1.165) is 11.1 Å². The van der Waals surface area contributed by atoms with Gasteiger partial charge in [0.25, 0.3) is 0 Å². The third kappa shape index (κ3) is 4.33. The molecule has 4 nitrogen and oxygen atoms in total. The third-order valence-electron chi connectivity index (χ3n) is 4.21.